The largest absolute Gasteiger partial charge is 0.504 e. The lowest BCUT2D eigenvalue weighted by molar-refractivity contribution is 0.0858. The molecule has 0 spiro atoms. The molecule has 0 amide bonds. The van der Waals surface area contributed by atoms with Crippen molar-refractivity contribution in [2.75, 3.05) is 34.0 Å². The first-order chi connectivity index (χ1) is 11.0. The topological polar surface area (TPSA) is 60.3 Å². The molecule has 1 aliphatic rings. The van der Waals surface area contributed by atoms with Gasteiger partial charge in [-0.05, 0) is 29.7 Å². The Morgan fingerprint density at radius 1 is 1.22 bits per heavy atom. The summed E-state index contributed by atoms with van der Waals surface area (Å²) in [5.41, 5.74) is 2.06. The number of rotatable bonds is 8. The molecule has 1 aromatic carbocycles. The molecule has 2 rings (SSSR count). The van der Waals surface area contributed by atoms with Crippen molar-refractivity contribution in [1.82, 2.24) is 0 Å². The van der Waals surface area contributed by atoms with E-state index in [4.69, 9.17) is 14.2 Å². The highest BCUT2D eigenvalue weighted by molar-refractivity contribution is 5.84. The molecule has 0 aliphatic carbocycles. The van der Waals surface area contributed by atoms with Crippen molar-refractivity contribution in [3.8, 4) is 11.5 Å². The Hall–Kier alpha value is -1.59. The number of fused-ring (bicyclic) bond motifs is 1. The summed E-state index contributed by atoms with van der Waals surface area (Å²) in [5.74, 6) is 0.681. The first-order valence-corrected chi connectivity index (χ1v) is 7.97. The average Bonchev–Trinajstić information content (AvgIpc) is 2.51. The SMILES string of the molecule is COCCCOc1cc2c(cc1O)C=NC(C(C)(C)COC)C2. The van der Waals surface area contributed by atoms with E-state index in [0.29, 0.717) is 25.6 Å². The van der Waals surface area contributed by atoms with Gasteiger partial charge in [0.05, 0.1) is 19.3 Å². The van der Waals surface area contributed by atoms with Crippen LogP contribution in [-0.4, -0.2) is 51.4 Å². The van der Waals surface area contributed by atoms with Gasteiger partial charge in [-0.1, -0.05) is 13.8 Å². The van der Waals surface area contributed by atoms with Crippen LogP contribution in [0.3, 0.4) is 0 Å². The van der Waals surface area contributed by atoms with Crippen molar-refractivity contribution in [2.24, 2.45) is 10.4 Å². The third kappa shape index (κ3) is 4.45. The van der Waals surface area contributed by atoms with Crippen molar-refractivity contribution in [2.45, 2.75) is 32.7 Å². The third-order valence-electron chi connectivity index (χ3n) is 4.20. The van der Waals surface area contributed by atoms with Gasteiger partial charge < -0.3 is 19.3 Å². The van der Waals surface area contributed by atoms with Crippen LogP contribution in [-0.2, 0) is 15.9 Å². The maximum Gasteiger partial charge on any atom is 0.161 e. The highest BCUT2D eigenvalue weighted by atomic mass is 16.5. The van der Waals surface area contributed by atoms with Gasteiger partial charge in [0.15, 0.2) is 11.5 Å². The van der Waals surface area contributed by atoms with Gasteiger partial charge in [0.25, 0.3) is 0 Å². The van der Waals surface area contributed by atoms with Crippen LogP contribution >= 0.6 is 0 Å². The molecular formula is C18H27NO4. The van der Waals surface area contributed by atoms with Crippen LogP contribution in [0.5, 0.6) is 11.5 Å². The summed E-state index contributed by atoms with van der Waals surface area (Å²) in [7, 11) is 3.38. The molecule has 0 radical (unpaired) electrons. The van der Waals surface area contributed by atoms with Crippen molar-refractivity contribution in [1.29, 1.82) is 0 Å². The molecule has 1 aliphatic heterocycles. The van der Waals surface area contributed by atoms with Gasteiger partial charge in [-0.25, -0.2) is 0 Å². The number of hydrogen-bond acceptors (Lipinski definition) is 5. The molecule has 23 heavy (non-hydrogen) atoms. The number of aromatic hydroxyl groups is 1. The molecule has 5 heteroatoms. The Balaban J connectivity index is 2.12. The van der Waals surface area contributed by atoms with E-state index in [1.165, 1.54) is 0 Å². The van der Waals surface area contributed by atoms with E-state index >= 15 is 0 Å². The van der Waals surface area contributed by atoms with E-state index in [1.807, 2.05) is 12.3 Å². The second kappa shape index (κ2) is 7.79. The zero-order valence-electron chi connectivity index (χ0n) is 14.5. The average molecular weight is 321 g/mol. The smallest absolute Gasteiger partial charge is 0.161 e. The van der Waals surface area contributed by atoms with E-state index in [0.717, 1.165) is 24.0 Å². The van der Waals surface area contributed by atoms with Crippen LogP contribution < -0.4 is 4.74 Å². The monoisotopic (exact) mass is 321 g/mol. The molecular weight excluding hydrogens is 294 g/mol. The molecule has 0 saturated heterocycles. The number of benzene rings is 1. The summed E-state index contributed by atoms with van der Waals surface area (Å²) in [4.78, 5) is 4.64. The van der Waals surface area contributed by atoms with Crippen molar-refractivity contribution in [3.05, 3.63) is 23.3 Å². The number of phenolic OH excluding ortho intramolecular Hbond substituents is 1. The zero-order valence-corrected chi connectivity index (χ0v) is 14.5. The van der Waals surface area contributed by atoms with Crippen LogP contribution in [0, 0.1) is 5.41 Å². The van der Waals surface area contributed by atoms with E-state index in [-0.39, 0.29) is 17.2 Å². The van der Waals surface area contributed by atoms with Gasteiger partial charge in [0.2, 0.25) is 0 Å². The van der Waals surface area contributed by atoms with Crippen LogP contribution in [0.2, 0.25) is 0 Å². The lowest BCUT2D eigenvalue weighted by Crippen LogP contribution is -2.35. The quantitative estimate of drug-likeness (QED) is 0.748. The van der Waals surface area contributed by atoms with E-state index < -0.39 is 0 Å². The summed E-state index contributed by atoms with van der Waals surface area (Å²) >= 11 is 0. The highest BCUT2D eigenvalue weighted by Gasteiger charge is 2.31. The second-order valence-corrected chi connectivity index (χ2v) is 6.63. The summed E-state index contributed by atoms with van der Waals surface area (Å²) in [5, 5.41) is 10.1. The summed E-state index contributed by atoms with van der Waals surface area (Å²) < 4.78 is 16.0. The standard InChI is InChI=1S/C18H27NO4/c1-18(2,12-22-4)17-10-13-9-16(23-7-5-6-21-3)15(20)8-14(13)11-19-17/h8-9,11,17,20H,5-7,10,12H2,1-4H3. The maximum atomic E-state index is 10.1. The van der Waals surface area contributed by atoms with Gasteiger partial charge in [-0.15, -0.1) is 0 Å². The summed E-state index contributed by atoms with van der Waals surface area (Å²) in [6, 6.07) is 3.81. The predicted molar refractivity (Wildman–Crippen MR) is 90.8 cm³/mol. The normalized spacial score (nSPS) is 17.1. The van der Waals surface area contributed by atoms with Crippen LogP contribution in [0.4, 0.5) is 0 Å². The summed E-state index contributed by atoms with van der Waals surface area (Å²) in [6.45, 7) is 6.14. The number of phenols is 1. The Labute approximate surface area is 138 Å². The minimum Gasteiger partial charge on any atom is -0.504 e. The molecule has 1 N–H and O–H groups in total. The first-order valence-electron chi connectivity index (χ1n) is 7.97. The molecule has 1 atom stereocenters. The lowest BCUT2D eigenvalue weighted by Gasteiger charge is -2.33. The lowest BCUT2D eigenvalue weighted by atomic mass is 9.80. The predicted octanol–water partition coefficient (Wildman–Crippen LogP) is 2.82. The fourth-order valence-corrected chi connectivity index (χ4v) is 2.80. The molecule has 0 saturated carbocycles. The molecule has 128 valence electrons. The van der Waals surface area contributed by atoms with Gasteiger partial charge >= 0.3 is 0 Å². The second-order valence-electron chi connectivity index (χ2n) is 6.63. The van der Waals surface area contributed by atoms with E-state index in [1.54, 1.807) is 20.3 Å². The molecule has 0 fully saturated rings. The van der Waals surface area contributed by atoms with Crippen molar-refractivity contribution < 1.29 is 19.3 Å². The minimum atomic E-state index is -0.0414. The number of aliphatic imine (C=N–C) groups is 1. The molecule has 1 heterocycles. The summed E-state index contributed by atoms with van der Waals surface area (Å²) in [6.07, 6.45) is 3.45. The Morgan fingerprint density at radius 3 is 2.70 bits per heavy atom. The highest BCUT2D eigenvalue weighted by Crippen LogP contribution is 2.35. The molecule has 5 nitrogen and oxygen atoms in total. The van der Waals surface area contributed by atoms with Gasteiger partial charge in [-0.3, -0.25) is 4.99 Å². The van der Waals surface area contributed by atoms with E-state index in [2.05, 4.69) is 18.8 Å². The van der Waals surface area contributed by atoms with Gasteiger partial charge in [0, 0.05) is 38.9 Å². The molecule has 0 bridgehead atoms. The number of methoxy groups -OCH3 is 2. The Kier molecular flexibility index (Phi) is 6.02. The van der Waals surface area contributed by atoms with Gasteiger partial charge in [-0.2, -0.15) is 0 Å². The van der Waals surface area contributed by atoms with E-state index in [9.17, 15) is 5.11 Å². The van der Waals surface area contributed by atoms with Crippen molar-refractivity contribution in [3.63, 3.8) is 0 Å². The molecule has 1 aromatic rings. The molecule has 0 aromatic heterocycles. The number of hydrogen-bond donors (Lipinski definition) is 1. The molecule has 1 unspecified atom stereocenters. The minimum absolute atomic E-state index is 0.0414. The van der Waals surface area contributed by atoms with Crippen molar-refractivity contribution >= 4 is 6.21 Å². The Morgan fingerprint density at radius 2 is 2.00 bits per heavy atom. The van der Waals surface area contributed by atoms with Crippen LogP contribution in [0.25, 0.3) is 0 Å². The maximum absolute atomic E-state index is 10.1. The third-order valence-corrected chi connectivity index (χ3v) is 4.20. The Bertz CT molecular complexity index is 554. The zero-order chi connectivity index (χ0) is 16.9. The van der Waals surface area contributed by atoms with Crippen LogP contribution in [0.1, 0.15) is 31.4 Å². The number of ether oxygens (including phenoxy) is 3. The first kappa shape index (κ1) is 17.8. The van der Waals surface area contributed by atoms with Gasteiger partial charge in [0.1, 0.15) is 0 Å². The van der Waals surface area contributed by atoms with Crippen LogP contribution in [0.15, 0.2) is 17.1 Å². The fraction of sp³-hybridized carbons (Fsp3) is 0.611. The number of nitrogens with zero attached hydrogens (tertiary/aromatic N) is 1. The fourth-order valence-electron chi connectivity index (χ4n) is 2.80.